The number of thiazole rings is 1. The van der Waals surface area contributed by atoms with Gasteiger partial charge in [-0.25, -0.2) is 9.37 Å². The number of rotatable bonds is 1. The number of halogens is 2. The lowest BCUT2D eigenvalue weighted by atomic mass is 10.3. The van der Waals surface area contributed by atoms with Crippen molar-refractivity contribution in [2.75, 3.05) is 7.11 Å². The maximum Gasteiger partial charge on any atom is 0.160 e. The summed E-state index contributed by atoms with van der Waals surface area (Å²) in [6.07, 6.45) is 0. The van der Waals surface area contributed by atoms with E-state index in [1.165, 1.54) is 30.6 Å². The third kappa shape index (κ3) is 1.53. The Bertz CT molecular complexity index is 457. The van der Waals surface area contributed by atoms with Gasteiger partial charge in [-0.2, -0.15) is 0 Å². The van der Waals surface area contributed by atoms with E-state index < -0.39 is 0 Å². The van der Waals surface area contributed by atoms with Crippen molar-refractivity contribution in [3.05, 3.63) is 21.9 Å². The van der Waals surface area contributed by atoms with Crippen LogP contribution in [-0.2, 0) is 0 Å². The minimum atomic E-state index is -0.305. The summed E-state index contributed by atoms with van der Waals surface area (Å²) in [4.78, 5) is 4.17. The first-order valence-corrected chi connectivity index (χ1v) is 5.11. The van der Waals surface area contributed by atoms with Gasteiger partial charge in [-0.15, -0.1) is 11.3 Å². The van der Waals surface area contributed by atoms with Gasteiger partial charge in [0, 0.05) is 6.07 Å². The van der Waals surface area contributed by atoms with Crippen LogP contribution in [0, 0.1) is 5.82 Å². The topological polar surface area (TPSA) is 22.1 Å². The van der Waals surface area contributed by atoms with Gasteiger partial charge in [-0.05, 0) is 22.0 Å². The van der Waals surface area contributed by atoms with E-state index in [0.29, 0.717) is 11.3 Å². The quantitative estimate of drug-likeness (QED) is 0.787. The zero-order valence-electron chi connectivity index (χ0n) is 6.67. The van der Waals surface area contributed by atoms with Gasteiger partial charge in [0.15, 0.2) is 3.92 Å². The van der Waals surface area contributed by atoms with Crippen molar-refractivity contribution < 1.29 is 9.13 Å². The van der Waals surface area contributed by atoms with Crippen LogP contribution in [-0.4, -0.2) is 12.1 Å². The first-order chi connectivity index (χ1) is 6.20. The highest BCUT2D eigenvalue weighted by atomic mass is 79.9. The lowest BCUT2D eigenvalue weighted by Gasteiger charge is -1.99. The summed E-state index contributed by atoms with van der Waals surface area (Å²) >= 11 is 4.62. The van der Waals surface area contributed by atoms with Crippen LogP contribution in [0.3, 0.4) is 0 Å². The molecule has 0 unspecified atom stereocenters. The molecule has 0 atom stereocenters. The number of methoxy groups -OCH3 is 1. The molecular weight excluding hydrogens is 257 g/mol. The van der Waals surface area contributed by atoms with Gasteiger partial charge in [0.05, 0.1) is 11.8 Å². The average Bonchev–Trinajstić information content (AvgIpc) is 2.43. The van der Waals surface area contributed by atoms with Crippen molar-refractivity contribution in [3.8, 4) is 5.75 Å². The molecule has 0 amide bonds. The van der Waals surface area contributed by atoms with Crippen LogP contribution in [0.5, 0.6) is 5.75 Å². The molecule has 13 heavy (non-hydrogen) atoms. The molecule has 1 aromatic heterocycles. The minimum Gasteiger partial charge on any atom is -0.494 e. The van der Waals surface area contributed by atoms with E-state index in [1.54, 1.807) is 0 Å². The Morgan fingerprint density at radius 1 is 1.54 bits per heavy atom. The molecule has 68 valence electrons. The van der Waals surface area contributed by atoms with E-state index >= 15 is 0 Å². The lowest BCUT2D eigenvalue weighted by molar-refractivity contribution is 0.415. The Kier molecular flexibility index (Phi) is 2.21. The molecular formula is C8H5BrFNOS. The molecule has 0 saturated carbocycles. The van der Waals surface area contributed by atoms with Crippen LogP contribution in [0.25, 0.3) is 10.2 Å². The molecule has 0 aliphatic heterocycles. The largest absolute Gasteiger partial charge is 0.494 e. The predicted octanol–water partition coefficient (Wildman–Crippen LogP) is 3.21. The van der Waals surface area contributed by atoms with Gasteiger partial charge in [0.25, 0.3) is 0 Å². The van der Waals surface area contributed by atoms with Crippen molar-refractivity contribution in [1.29, 1.82) is 0 Å². The third-order valence-electron chi connectivity index (χ3n) is 1.62. The lowest BCUT2D eigenvalue weighted by Crippen LogP contribution is -1.85. The Labute approximate surface area is 86.5 Å². The van der Waals surface area contributed by atoms with E-state index in [4.69, 9.17) is 4.74 Å². The van der Waals surface area contributed by atoms with Gasteiger partial charge >= 0.3 is 0 Å². The van der Waals surface area contributed by atoms with Crippen LogP contribution in [0.2, 0.25) is 0 Å². The first kappa shape index (κ1) is 8.90. The van der Waals surface area contributed by atoms with Crippen LogP contribution in [0.4, 0.5) is 4.39 Å². The third-order valence-corrected chi connectivity index (χ3v) is 3.07. The summed E-state index contributed by atoms with van der Waals surface area (Å²) in [5.74, 6) is 0.164. The minimum absolute atomic E-state index is 0.305. The van der Waals surface area contributed by atoms with Gasteiger partial charge in [-0.1, -0.05) is 0 Å². The van der Waals surface area contributed by atoms with Crippen molar-refractivity contribution in [3.63, 3.8) is 0 Å². The molecule has 0 bridgehead atoms. The summed E-state index contributed by atoms with van der Waals surface area (Å²) in [7, 11) is 1.50. The van der Waals surface area contributed by atoms with Gasteiger partial charge < -0.3 is 4.74 Å². The normalized spacial score (nSPS) is 10.7. The average molecular weight is 262 g/mol. The second-order valence-electron chi connectivity index (χ2n) is 2.42. The van der Waals surface area contributed by atoms with Crippen LogP contribution < -0.4 is 4.74 Å². The van der Waals surface area contributed by atoms with Crippen LogP contribution in [0.1, 0.15) is 0 Å². The molecule has 0 saturated heterocycles. The standard InChI is InChI=1S/C8H5BrFNOS/c1-12-5-2-4(10)3-6-7(5)11-8(9)13-6/h2-3H,1H3. The summed E-state index contributed by atoms with van der Waals surface area (Å²) in [5, 5.41) is 0. The fourth-order valence-corrected chi connectivity index (χ4v) is 2.53. The SMILES string of the molecule is COc1cc(F)cc2sc(Br)nc12. The number of hydrogen-bond donors (Lipinski definition) is 0. The summed E-state index contributed by atoms with van der Waals surface area (Å²) in [6, 6.07) is 2.77. The van der Waals surface area contributed by atoms with Gasteiger partial charge in [0.2, 0.25) is 0 Å². The van der Waals surface area contributed by atoms with Crippen molar-refractivity contribution in [2.24, 2.45) is 0 Å². The number of aromatic nitrogens is 1. The number of benzene rings is 1. The highest BCUT2D eigenvalue weighted by molar-refractivity contribution is 9.11. The maximum atomic E-state index is 13.0. The second-order valence-corrected chi connectivity index (χ2v) is 4.73. The number of ether oxygens (including phenoxy) is 1. The van der Waals surface area contributed by atoms with Crippen molar-refractivity contribution >= 4 is 37.5 Å². The first-order valence-electron chi connectivity index (χ1n) is 3.50. The van der Waals surface area contributed by atoms with Crippen LogP contribution in [0.15, 0.2) is 16.0 Å². The zero-order chi connectivity index (χ0) is 9.42. The maximum absolute atomic E-state index is 13.0. The van der Waals surface area contributed by atoms with Gasteiger partial charge in [0.1, 0.15) is 17.1 Å². The number of fused-ring (bicyclic) bond motifs is 1. The summed E-state index contributed by atoms with van der Waals surface area (Å²) in [6.45, 7) is 0. The highest BCUT2D eigenvalue weighted by Crippen LogP contribution is 2.32. The second kappa shape index (κ2) is 3.23. The molecule has 0 fully saturated rings. The molecule has 0 radical (unpaired) electrons. The molecule has 2 rings (SSSR count). The monoisotopic (exact) mass is 261 g/mol. The molecule has 5 heteroatoms. The smallest absolute Gasteiger partial charge is 0.160 e. The summed E-state index contributed by atoms with van der Waals surface area (Å²) in [5.41, 5.74) is 0.695. The van der Waals surface area contributed by atoms with Crippen molar-refractivity contribution in [1.82, 2.24) is 4.98 Å². The predicted molar refractivity (Wildman–Crippen MR) is 53.8 cm³/mol. The van der Waals surface area contributed by atoms with Crippen molar-refractivity contribution in [2.45, 2.75) is 0 Å². The molecule has 0 N–H and O–H groups in total. The Morgan fingerprint density at radius 3 is 3.00 bits per heavy atom. The fraction of sp³-hybridized carbons (Fsp3) is 0.125. The Morgan fingerprint density at radius 2 is 2.31 bits per heavy atom. The molecule has 0 aliphatic rings. The molecule has 1 heterocycles. The molecule has 0 aliphatic carbocycles. The van der Waals surface area contributed by atoms with Crippen LogP contribution >= 0.6 is 27.3 Å². The van der Waals surface area contributed by atoms with E-state index in [9.17, 15) is 4.39 Å². The Hall–Kier alpha value is -0.680. The number of nitrogens with zero attached hydrogens (tertiary/aromatic N) is 1. The van der Waals surface area contributed by atoms with E-state index in [-0.39, 0.29) is 5.82 Å². The van der Waals surface area contributed by atoms with E-state index in [1.807, 2.05) is 0 Å². The molecule has 2 aromatic rings. The Balaban J connectivity index is 2.80. The van der Waals surface area contributed by atoms with E-state index in [2.05, 4.69) is 20.9 Å². The molecule has 1 aromatic carbocycles. The highest BCUT2D eigenvalue weighted by Gasteiger charge is 2.09. The molecule has 2 nitrogen and oxygen atoms in total. The summed E-state index contributed by atoms with van der Waals surface area (Å²) < 4.78 is 19.5. The molecule has 0 spiro atoms. The zero-order valence-corrected chi connectivity index (χ0v) is 9.08. The van der Waals surface area contributed by atoms with E-state index in [0.717, 1.165) is 8.62 Å². The number of hydrogen-bond acceptors (Lipinski definition) is 3. The fourth-order valence-electron chi connectivity index (χ4n) is 1.10. The van der Waals surface area contributed by atoms with Gasteiger partial charge in [-0.3, -0.25) is 0 Å².